The van der Waals surface area contributed by atoms with Crippen LogP contribution < -0.4 is 0 Å². The third-order valence-electron chi connectivity index (χ3n) is 9.08. The molecule has 0 aromatic carbocycles. The number of unbranched alkanes of at least 4 members (excludes halogenated alkanes) is 18. The average molecular weight is 653 g/mol. The van der Waals surface area contributed by atoms with E-state index in [1.54, 1.807) is 0 Å². The molecule has 0 spiro atoms. The van der Waals surface area contributed by atoms with Crippen molar-refractivity contribution < 1.29 is 28.6 Å². The fourth-order valence-corrected chi connectivity index (χ4v) is 5.66. The number of hydrogen-bond donors (Lipinski definition) is 0. The lowest BCUT2D eigenvalue weighted by Crippen LogP contribution is -2.30. The molecular weight excluding hydrogens is 576 g/mol. The van der Waals surface area contributed by atoms with Crippen LogP contribution >= 0.6 is 0 Å². The lowest BCUT2D eigenvalue weighted by molar-refractivity contribution is -0.167. The summed E-state index contributed by atoms with van der Waals surface area (Å²) in [6.45, 7) is 11.2. The maximum absolute atomic E-state index is 12.6. The highest BCUT2D eigenvalue weighted by Gasteiger charge is 2.19. The third-order valence-corrected chi connectivity index (χ3v) is 9.08. The van der Waals surface area contributed by atoms with Crippen molar-refractivity contribution in [2.24, 2.45) is 11.8 Å². The summed E-state index contributed by atoms with van der Waals surface area (Å²) in [6.07, 6.45) is 28.3. The summed E-state index contributed by atoms with van der Waals surface area (Å²) in [5, 5.41) is 0. The van der Waals surface area contributed by atoms with Crippen molar-refractivity contribution in [2.45, 2.75) is 214 Å². The van der Waals surface area contributed by atoms with E-state index < -0.39 is 6.10 Å². The van der Waals surface area contributed by atoms with Gasteiger partial charge in [-0.25, -0.2) is 0 Å². The third kappa shape index (κ3) is 32.4. The maximum Gasteiger partial charge on any atom is 0.306 e. The molecule has 0 N–H and O–H groups in total. The quantitative estimate of drug-likeness (QED) is 0.0391. The lowest BCUT2D eigenvalue weighted by atomic mass is 9.99. The van der Waals surface area contributed by atoms with Crippen molar-refractivity contribution in [1.29, 1.82) is 0 Å². The Kier molecular flexibility index (Phi) is 32.2. The molecule has 272 valence electrons. The summed E-state index contributed by atoms with van der Waals surface area (Å²) in [6, 6.07) is 0. The Morgan fingerprint density at radius 3 is 1.24 bits per heavy atom. The van der Waals surface area contributed by atoms with Crippen LogP contribution in [-0.2, 0) is 28.6 Å². The zero-order valence-corrected chi connectivity index (χ0v) is 31.2. The first-order valence-electron chi connectivity index (χ1n) is 19.8. The zero-order valence-electron chi connectivity index (χ0n) is 31.2. The topological polar surface area (TPSA) is 78.9 Å². The van der Waals surface area contributed by atoms with Gasteiger partial charge in [0.2, 0.25) is 0 Å². The van der Waals surface area contributed by atoms with Gasteiger partial charge in [0.15, 0.2) is 6.10 Å². The van der Waals surface area contributed by atoms with Crippen LogP contribution in [0.1, 0.15) is 208 Å². The van der Waals surface area contributed by atoms with E-state index in [1.165, 1.54) is 89.9 Å². The molecule has 0 aliphatic heterocycles. The Hall–Kier alpha value is -1.59. The number of hydrogen-bond acceptors (Lipinski definition) is 6. The van der Waals surface area contributed by atoms with E-state index >= 15 is 0 Å². The molecule has 0 rings (SSSR count). The van der Waals surface area contributed by atoms with E-state index in [4.69, 9.17) is 14.2 Å². The van der Waals surface area contributed by atoms with Gasteiger partial charge in [-0.2, -0.15) is 0 Å². The molecule has 0 aromatic heterocycles. The van der Waals surface area contributed by atoms with Gasteiger partial charge in [-0.3, -0.25) is 14.4 Å². The van der Waals surface area contributed by atoms with E-state index in [1.807, 2.05) is 0 Å². The van der Waals surface area contributed by atoms with Crippen molar-refractivity contribution in [3.63, 3.8) is 0 Å². The molecule has 0 heterocycles. The lowest BCUT2D eigenvalue weighted by Gasteiger charge is -2.18. The smallest absolute Gasteiger partial charge is 0.306 e. The summed E-state index contributed by atoms with van der Waals surface area (Å²) in [5.41, 5.74) is 0. The largest absolute Gasteiger partial charge is 0.462 e. The Bertz CT molecular complexity index is 706. The minimum absolute atomic E-state index is 0.0676. The highest BCUT2D eigenvalue weighted by Crippen LogP contribution is 2.16. The molecule has 6 heteroatoms. The van der Waals surface area contributed by atoms with E-state index in [0.29, 0.717) is 19.3 Å². The first-order chi connectivity index (χ1) is 22.3. The molecule has 0 fully saturated rings. The van der Waals surface area contributed by atoms with Crippen LogP contribution in [0, 0.1) is 11.8 Å². The van der Waals surface area contributed by atoms with Gasteiger partial charge >= 0.3 is 17.9 Å². The fraction of sp³-hybridized carbons (Fsp3) is 0.925. The SMILES string of the molecule is CCCCCCCC(=O)OC[C@H](COC(=O)CCCCCCCCCCC(C)CC)OC(=O)CCCCCCCCCCC(C)C. The standard InChI is InChI=1S/C40H76O6/c1-6-8-9-18-25-30-38(41)44-33-37(46-40(43)32-27-22-17-12-10-14-19-23-28-35(3)4)34-45-39(42)31-26-21-16-13-11-15-20-24-29-36(5)7-2/h35-37H,6-34H2,1-5H3/t36?,37-/m1/s1. The van der Waals surface area contributed by atoms with Crippen LogP contribution in [0.25, 0.3) is 0 Å². The molecule has 0 amide bonds. The maximum atomic E-state index is 12.6. The Labute approximate surface area is 285 Å². The molecule has 2 atom stereocenters. The van der Waals surface area contributed by atoms with Gasteiger partial charge in [-0.1, -0.05) is 169 Å². The average Bonchev–Trinajstić information content (AvgIpc) is 3.03. The number of rotatable bonds is 34. The molecule has 0 saturated heterocycles. The van der Waals surface area contributed by atoms with Crippen molar-refractivity contribution in [1.82, 2.24) is 0 Å². The van der Waals surface area contributed by atoms with E-state index in [9.17, 15) is 14.4 Å². The number of esters is 3. The van der Waals surface area contributed by atoms with Gasteiger partial charge in [-0.15, -0.1) is 0 Å². The van der Waals surface area contributed by atoms with Gasteiger partial charge in [0, 0.05) is 19.3 Å². The summed E-state index contributed by atoms with van der Waals surface area (Å²) in [5.74, 6) is 0.759. The van der Waals surface area contributed by atoms with Crippen molar-refractivity contribution in [3.05, 3.63) is 0 Å². The van der Waals surface area contributed by atoms with Gasteiger partial charge in [0.05, 0.1) is 0 Å². The van der Waals surface area contributed by atoms with Crippen molar-refractivity contribution >= 4 is 17.9 Å². The van der Waals surface area contributed by atoms with E-state index in [2.05, 4.69) is 34.6 Å². The molecule has 6 nitrogen and oxygen atoms in total. The van der Waals surface area contributed by atoms with Gasteiger partial charge < -0.3 is 14.2 Å². The number of carbonyl (C=O) groups excluding carboxylic acids is 3. The summed E-state index contributed by atoms with van der Waals surface area (Å²) in [4.78, 5) is 37.2. The minimum atomic E-state index is -0.758. The highest BCUT2D eigenvalue weighted by atomic mass is 16.6. The Morgan fingerprint density at radius 1 is 0.457 bits per heavy atom. The molecule has 0 saturated carbocycles. The van der Waals surface area contributed by atoms with E-state index in [0.717, 1.165) is 76.0 Å². The highest BCUT2D eigenvalue weighted by molar-refractivity contribution is 5.71. The fourth-order valence-electron chi connectivity index (χ4n) is 5.66. The number of carbonyl (C=O) groups is 3. The Morgan fingerprint density at radius 2 is 0.826 bits per heavy atom. The van der Waals surface area contributed by atoms with E-state index in [-0.39, 0.29) is 31.1 Å². The first-order valence-corrected chi connectivity index (χ1v) is 19.8. The normalized spacial score (nSPS) is 12.7. The monoisotopic (exact) mass is 653 g/mol. The molecule has 0 aromatic rings. The van der Waals surface area contributed by atoms with Gasteiger partial charge in [0.1, 0.15) is 13.2 Å². The van der Waals surface area contributed by atoms with Gasteiger partial charge in [0.25, 0.3) is 0 Å². The number of ether oxygens (including phenoxy) is 3. The molecule has 0 bridgehead atoms. The summed E-state index contributed by atoms with van der Waals surface area (Å²) >= 11 is 0. The van der Waals surface area contributed by atoms with Crippen LogP contribution in [0.4, 0.5) is 0 Å². The summed E-state index contributed by atoms with van der Waals surface area (Å²) < 4.78 is 16.5. The summed E-state index contributed by atoms with van der Waals surface area (Å²) in [7, 11) is 0. The van der Waals surface area contributed by atoms with Crippen LogP contribution in [0.15, 0.2) is 0 Å². The second-order valence-corrected chi connectivity index (χ2v) is 14.3. The van der Waals surface area contributed by atoms with Crippen LogP contribution in [-0.4, -0.2) is 37.2 Å². The molecule has 0 aliphatic rings. The van der Waals surface area contributed by atoms with Crippen LogP contribution in [0.2, 0.25) is 0 Å². The predicted molar refractivity (Wildman–Crippen MR) is 192 cm³/mol. The second-order valence-electron chi connectivity index (χ2n) is 14.3. The first kappa shape index (κ1) is 44.4. The van der Waals surface area contributed by atoms with Gasteiger partial charge in [-0.05, 0) is 31.1 Å². The second kappa shape index (κ2) is 33.3. The minimum Gasteiger partial charge on any atom is -0.462 e. The zero-order chi connectivity index (χ0) is 34.1. The molecule has 46 heavy (non-hydrogen) atoms. The van der Waals surface area contributed by atoms with Crippen molar-refractivity contribution in [3.8, 4) is 0 Å². The van der Waals surface area contributed by atoms with Crippen LogP contribution in [0.3, 0.4) is 0 Å². The van der Waals surface area contributed by atoms with Crippen LogP contribution in [0.5, 0.6) is 0 Å². The molecule has 0 radical (unpaired) electrons. The molecule has 0 aliphatic carbocycles. The Balaban J connectivity index is 4.28. The predicted octanol–water partition coefficient (Wildman–Crippen LogP) is 11.8. The molecule has 1 unspecified atom stereocenters. The molecular formula is C40H76O6. The van der Waals surface area contributed by atoms with Crippen molar-refractivity contribution in [2.75, 3.05) is 13.2 Å².